The van der Waals surface area contributed by atoms with Crippen LogP contribution < -0.4 is 4.74 Å². The summed E-state index contributed by atoms with van der Waals surface area (Å²) >= 11 is 0. The van der Waals surface area contributed by atoms with Crippen LogP contribution in [-0.4, -0.2) is 37.3 Å². The summed E-state index contributed by atoms with van der Waals surface area (Å²) < 4.78 is 5.72. The van der Waals surface area contributed by atoms with Crippen LogP contribution in [0, 0.1) is 0 Å². The molecular weight excluding hydrogens is 286 g/mol. The zero-order chi connectivity index (χ0) is 16.8. The third-order valence-corrected chi connectivity index (χ3v) is 3.96. The highest BCUT2D eigenvalue weighted by atomic mass is 16.5. The maximum atomic E-state index is 9.40. The van der Waals surface area contributed by atoms with Gasteiger partial charge in [-0.2, -0.15) is 0 Å². The van der Waals surface area contributed by atoms with Gasteiger partial charge < -0.3 is 14.7 Å². The van der Waals surface area contributed by atoms with Crippen molar-refractivity contribution < 1.29 is 9.84 Å². The molecule has 0 saturated carbocycles. The topological polar surface area (TPSA) is 32.7 Å². The SMILES string of the molecule is C/C(=C(/C)c1ccc(OCCN(C)C)cc1)c1ccc(O)cc1. The van der Waals surface area contributed by atoms with E-state index in [4.69, 9.17) is 4.74 Å². The van der Waals surface area contributed by atoms with Crippen molar-refractivity contribution in [1.82, 2.24) is 4.90 Å². The second-order valence-corrected chi connectivity index (χ2v) is 5.97. The molecule has 23 heavy (non-hydrogen) atoms. The van der Waals surface area contributed by atoms with E-state index in [1.54, 1.807) is 12.1 Å². The molecule has 0 spiro atoms. The number of rotatable bonds is 6. The first kappa shape index (κ1) is 17.1. The van der Waals surface area contributed by atoms with E-state index in [1.165, 1.54) is 16.7 Å². The molecular formula is C20H25NO2. The van der Waals surface area contributed by atoms with Gasteiger partial charge in [0.1, 0.15) is 18.1 Å². The molecule has 0 amide bonds. The van der Waals surface area contributed by atoms with Crippen molar-refractivity contribution in [1.29, 1.82) is 0 Å². The van der Waals surface area contributed by atoms with Crippen molar-refractivity contribution in [2.24, 2.45) is 0 Å². The smallest absolute Gasteiger partial charge is 0.119 e. The molecule has 0 heterocycles. The van der Waals surface area contributed by atoms with Gasteiger partial charge in [0.25, 0.3) is 0 Å². The minimum atomic E-state index is 0.290. The Balaban J connectivity index is 2.11. The van der Waals surface area contributed by atoms with Gasteiger partial charge >= 0.3 is 0 Å². The lowest BCUT2D eigenvalue weighted by atomic mass is 9.97. The van der Waals surface area contributed by atoms with Gasteiger partial charge in [-0.15, -0.1) is 0 Å². The molecule has 0 aliphatic heterocycles. The van der Waals surface area contributed by atoms with Gasteiger partial charge in [-0.1, -0.05) is 24.3 Å². The lowest BCUT2D eigenvalue weighted by Crippen LogP contribution is -2.19. The minimum absolute atomic E-state index is 0.290. The Hall–Kier alpha value is -2.26. The number of likely N-dealkylation sites (N-methyl/N-ethyl adjacent to an activating group) is 1. The van der Waals surface area contributed by atoms with Crippen molar-refractivity contribution in [3.8, 4) is 11.5 Å². The predicted octanol–water partition coefficient (Wildman–Crippen LogP) is 4.28. The first-order chi connectivity index (χ1) is 11.0. The standard InChI is InChI=1S/C20H25NO2/c1-15(17-5-9-19(22)10-6-17)16(2)18-7-11-20(12-8-18)23-14-13-21(3)4/h5-12,22H,13-14H2,1-4H3/b16-15+. The molecule has 2 aromatic rings. The third kappa shape index (κ3) is 4.86. The Morgan fingerprint density at radius 3 is 1.83 bits per heavy atom. The molecule has 3 nitrogen and oxygen atoms in total. The van der Waals surface area contributed by atoms with Crippen LogP contribution in [0.2, 0.25) is 0 Å². The normalized spacial score (nSPS) is 12.2. The lowest BCUT2D eigenvalue weighted by molar-refractivity contribution is 0.261. The molecule has 0 aromatic heterocycles. The largest absolute Gasteiger partial charge is 0.508 e. The van der Waals surface area contributed by atoms with Crippen molar-refractivity contribution in [2.75, 3.05) is 27.2 Å². The summed E-state index contributed by atoms with van der Waals surface area (Å²) in [5.74, 6) is 1.18. The maximum absolute atomic E-state index is 9.40. The second-order valence-electron chi connectivity index (χ2n) is 5.97. The summed E-state index contributed by atoms with van der Waals surface area (Å²) in [4.78, 5) is 2.10. The summed E-state index contributed by atoms with van der Waals surface area (Å²) in [5.41, 5.74) is 4.71. The molecule has 122 valence electrons. The molecule has 2 rings (SSSR count). The summed E-state index contributed by atoms with van der Waals surface area (Å²) in [6, 6.07) is 15.5. The van der Waals surface area contributed by atoms with Crippen LogP contribution in [0.1, 0.15) is 25.0 Å². The fourth-order valence-electron chi connectivity index (χ4n) is 2.29. The Morgan fingerprint density at radius 1 is 0.870 bits per heavy atom. The summed E-state index contributed by atoms with van der Waals surface area (Å²) in [6.07, 6.45) is 0. The molecule has 0 bridgehead atoms. The summed E-state index contributed by atoms with van der Waals surface area (Å²) in [6.45, 7) is 5.81. The maximum Gasteiger partial charge on any atom is 0.119 e. The van der Waals surface area contributed by atoms with Crippen LogP contribution in [0.4, 0.5) is 0 Å². The fourth-order valence-corrected chi connectivity index (χ4v) is 2.29. The number of nitrogens with zero attached hydrogens (tertiary/aromatic N) is 1. The van der Waals surface area contributed by atoms with Crippen LogP contribution in [0.15, 0.2) is 48.5 Å². The van der Waals surface area contributed by atoms with E-state index in [-0.39, 0.29) is 0 Å². The average Bonchev–Trinajstić information content (AvgIpc) is 2.54. The highest BCUT2D eigenvalue weighted by Gasteiger charge is 2.04. The monoisotopic (exact) mass is 311 g/mol. The number of phenols is 1. The van der Waals surface area contributed by atoms with Crippen molar-refractivity contribution in [2.45, 2.75) is 13.8 Å². The van der Waals surface area contributed by atoms with Gasteiger partial charge in [-0.25, -0.2) is 0 Å². The average molecular weight is 311 g/mol. The van der Waals surface area contributed by atoms with Crippen molar-refractivity contribution in [3.05, 3.63) is 59.7 Å². The molecule has 3 heteroatoms. The zero-order valence-electron chi connectivity index (χ0n) is 14.3. The van der Waals surface area contributed by atoms with Gasteiger partial charge in [0, 0.05) is 6.54 Å². The number of allylic oxidation sites excluding steroid dienone is 2. The number of aromatic hydroxyl groups is 1. The number of ether oxygens (including phenoxy) is 1. The Bertz CT molecular complexity index is 655. The van der Waals surface area contributed by atoms with Crippen LogP contribution in [-0.2, 0) is 0 Å². The van der Waals surface area contributed by atoms with Gasteiger partial charge in [0.05, 0.1) is 0 Å². The zero-order valence-corrected chi connectivity index (χ0v) is 14.3. The van der Waals surface area contributed by atoms with Gasteiger partial charge in [0.15, 0.2) is 0 Å². The molecule has 0 aliphatic carbocycles. The second kappa shape index (κ2) is 7.84. The van der Waals surface area contributed by atoms with E-state index in [0.29, 0.717) is 12.4 Å². The quantitative estimate of drug-likeness (QED) is 0.808. The number of hydrogen-bond acceptors (Lipinski definition) is 3. The van der Waals surface area contributed by atoms with E-state index >= 15 is 0 Å². The van der Waals surface area contributed by atoms with Crippen LogP contribution >= 0.6 is 0 Å². The molecule has 0 fully saturated rings. The third-order valence-electron chi connectivity index (χ3n) is 3.96. The number of benzene rings is 2. The van der Waals surface area contributed by atoms with Gasteiger partial charge in [0.2, 0.25) is 0 Å². The lowest BCUT2D eigenvalue weighted by Gasteiger charge is -2.12. The molecule has 0 aliphatic rings. The first-order valence-electron chi connectivity index (χ1n) is 7.82. The highest BCUT2D eigenvalue weighted by molar-refractivity contribution is 5.88. The summed E-state index contributed by atoms with van der Waals surface area (Å²) in [7, 11) is 4.07. The van der Waals surface area contributed by atoms with Crippen molar-refractivity contribution >= 4 is 11.1 Å². The molecule has 0 atom stereocenters. The predicted molar refractivity (Wildman–Crippen MR) is 96.8 cm³/mol. The van der Waals surface area contributed by atoms with E-state index in [1.807, 2.05) is 38.4 Å². The molecule has 0 unspecified atom stereocenters. The molecule has 1 N–H and O–H groups in total. The highest BCUT2D eigenvalue weighted by Crippen LogP contribution is 2.27. The molecule has 0 saturated heterocycles. The first-order valence-corrected chi connectivity index (χ1v) is 7.82. The van der Waals surface area contributed by atoms with Crippen molar-refractivity contribution in [3.63, 3.8) is 0 Å². The van der Waals surface area contributed by atoms with Gasteiger partial charge in [-0.05, 0) is 74.5 Å². The van der Waals surface area contributed by atoms with E-state index < -0.39 is 0 Å². The fraction of sp³-hybridized carbons (Fsp3) is 0.300. The summed E-state index contributed by atoms with van der Waals surface area (Å²) in [5, 5.41) is 9.40. The van der Waals surface area contributed by atoms with E-state index in [2.05, 4.69) is 30.9 Å². The van der Waals surface area contributed by atoms with Crippen LogP contribution in [0.3, 0.4) is 0 Å². The minimum Gasteiger partial charge on any atom is -0.508 e. The van der Waals surface area contributed by atoms with Crippen LogP contribution in [0.5, 0.6) is 11.5 Å². The Labute approximate surface area is 138 Å². The molecule has 0 radical (unpaired) electrons. The number of phenolic OH excluding ortho intramolecular Hbond substituents is 1. The number of hydrogen-bond donors (Lipinski definition) is 1. The van der Waals surface area contributed by atoms with E-state index in [0.717, 1.165) is 17.9 Å². The Kier molecular flexibility index (Phi) is 5.83. The Morgan fingerprint density at radius 2 is 1.35 bits per heavy atom. The van der Waals surface area contributed by atoms with Gasteiger partial charge in [-0.3, -0.25) is 0 Å². The van der Waals surface area contributed by atoms with Crippen LogP contribution in [0.25, 0.3) is 11.1 Å². The molecule has 2 aromatic carbocycles. The van der Waals surface area contributed by atoms with E-state index in [9.17, 15) is 5.11 Å².